The normalized spacial score (nSPS) is 12.0. The third-order valence-corrected chi connectivity index (χ3v) is 4.20. The number of aliphatic hydroxyl groups is 1. The minimum Gasteiger partial charge on any atom is -0.491 e. The SMILES string of the molecule is CCNC(=NCC(O)c1ccc(OC(C)C)cc1)NCCC(=O)Nc1cccc(C)n1.I. The number of nitrogens with zero attached hydrogens (tertiary/aromatic N) is 2. The van der Waals surface area contributed by atoms with E-state index in [0.29, 0.717) is 24.9 Å². The Hall–Kier alpha value is -2.40. The standard InChI is InChI=1S/C23H33N5O3.HI/c1-5-24-23(25-14-13-22(30)28-21-8-6-7-17(4)27-21)26-15-20(29)18-9-11-19(12-10-18)31-16(2)3;/h6-12,16,20,29H,5,13-15H2,1-4H3,(H2,24,25,26)(H,27,28,30);1H. The van der Waals surface area contributed by atoms with Gasteiger partial charge in [0.05, 0.1) is 18.8 Å². The molecule has 0 spiro atoms. The number of rotatable bonds is 10. The molecule has 0 saturated carbocycles. The van der Waals surface area contributed by atoms with E-state index in [9.17, 15) is 9.90 Å². The van der Waals surface area contributed by atoms with E-state index in [0.717, 1.165) is 17.0 Å². The van der Waals surface area contributed by atoms with Gasteiger partial charge in [0, 0.05) is 25.2 Å². The number of carbonyl (C=O) groups excluding carboxylic acids is 1. The number of amides is 1. The van der Waals surface area contributed by atoms with Crippen LogP contribution in [0.25, 0.3) is 0 Å². The summed E-state index contributed by atoms with van der Waals surface area (Å²) < 4.78 is 5.62. The van der Waals surface area contributed by atoms with Crippen molar-refractivity contribution in [2.75, 3.05) is 25.0 Å². The molecule has 1 amide bonds. The molecule has 176 valence electrons. The maximum absolute atomic E-state index is 12.1. The van der Waals surface area contributed by atoms with Crippen molar-refractivity contribution in [3.8, 4) is 5.75 Å². The quantitative estimate of drug-likeness (QED) is 0.203. The number of nitrogens with one attached hydrogen (secondary N) is 3. The number of anilines is 1. The molecule has 1 atom stereocenters. The van der Waals surface area contributed by atoms with Crippen molar-refractivity contribution >= 4 is 41.7 Å². The second-order valence-electron chi connectivity index (χ2n) is 7.36. The first-order chi connectivity index (χ1) is 14.9. The Kier molecular flexibility index (Phi) is 12.6. The molecule has 0 aliphatic rings. The van der Waals surface area contributed by atoms with Gasteiger partial charge in [0.25, 0.3) is 0 Å². The number of aliphatic imine (C=N–C) groups is 1. The Morgan fingerprint density at radius 1 is 1.16 bits per heavy atom. The van der Waals surface area contributed by atoms with Crippen molar-refractivity contribution in [3.05, 3.63) is 53.7 Å². The van der Waals surface area contributed by atoms with Gasteiger partial charge in [-0.15, -0.1) is 24.0 Å². The molecule has 0 saturated heterocycles. The van der Waals surface area contributed by atoms with Crippen LogP contribution in [0.15, 0.2) is 47.5 Å². The molecule has 0 aliphatic heterocycles. The number of ether oxygens (including phenoxy) is 1. The number of guanidine groups is 1. The van der Waals surface area contributed by atoms with Gasteiger partial charge >= 0.3 is 0 Å². The van der Waals surface area contributed by atoms with E-state index in [-0.39, 0.29) is 49.0 Å². The molecule has 1 heterocycles. The van der Waals surface area contributed by atoms with E-state index in [2.05, 4.69) is 25.9 Å². The summed E-state index contributed by atoms with van der Waals surface area (Å²) in [6.07, 6.45) is -0.372. The molecule has 1 unspecified atom stereocenters. The average molecular weight is 555 g/mol. The van der Waals surface area contributed by atoms with Crippen LogP contribution >= 0.6 is 24.0 Å². The maximum Gasteiger partial charge on any atom is 0.227 e. The van der Waals surface area contributed by atoms with Gasteiger partial charge in [-0.1, -0.05) is 18.2 Å². The highest BCUT2D eigenvalue weighted by atomic mass is 127. The second-order valence-corrected chi connectivity index (χ2v) is 7.36. The number of hydrogen-bond acceptors (Lipinski definition) is 5. The summed E-state index contributed by atoms with van der Waals surface area (Å²) in [5, 5.41) is 19.4. The zero-order valence-corrected chi connectivity index (χ0v) is 21.4. The summed E-state index contributed by atoms with van der Waals surface area (Å²) >= 11 is 0. The van der Waals surface area contributed by atoms with Crippen LogP contribution in [0.1, 0.15) is 44.6 Å². The highest BCUT2D eigenvalue weighted by Crippen LogP contribution is 2.19. The highest BCUT2D eigenvalue weighted by Gasteiger charge is 2.09. The largest absolute Gasteiger partial charge is 0.491 e. The van der Waals surface area contributed by atoms with E-state index in [1.165, 1.54) is 0 Å². The molecule has 0 radical (unpaired) electrons. The molecule has 1 aromatic heterocycles. The smallest absolute Gasteiger partial charge is 0.227 e. The number of halogens is 1. The van der Waals surface area contributed by atoms with E-state index < -0.39 is 6.10 Å². The Balaban J connectivity index is 0.00000512. The number of aliphatic hydroxyl groups excluding tert-OH is 1. The van der Waals surface area contributed by atoms with Gasteiger partial charge in [-0.3, -0.25) is 9.79 Å². The van der Waals surface area contributed by atoms with Crippen molar-refractivity contribution in [2.45, 2.75) is 46.3 Å². The molecule has 8 nitrogen and oxygen atoms in total. The van der Waals surface area contributed by atoms with Gasteiger partial charge in [-0.25, -0.2) is 4.98 Å². The summed E-state index contributed by atoms with van der Waals surface area (Å²) in [4.78, 5) is 20.8. The van der Waals surface area contributed by atoms with Gasteiger partial charge < -0.3 is 25.8 Å². The Bertz CT molecular complexity index is 859. The topological polar surface area (TPSA) is 108 Å². The van der Waals surface area contributed by atoms with Gasteiger partial charge in [-0.2, -0.15) is 0 Å². The van der Waals surface area contributed by atoms with Crippen LogP contribution in [0.2, 0.25) is 0 Å². The fourth-order valence-electron chi connectivity index (χ4n) is 2.78. The monoisotopic (exact) mass is 555 g/mol. The van der Waals surface area contributed by atoms with Crippen LogP contribution in [-0.4, -0.2) is 47.7 Å². The number of aromatic nitrogens is 1. The van der Waals surface area contributed by atoms with Crippen molar-refractivity contribution < 1.29 is 14.6 Å². The predicted molar refractivity (Wildman–Crippen MR) is 139 cm³/mol. The summed E-state index contributed by atoms with van der Waals surface area (Å²) in [7, 11) is 0. The molecule has 4 N–H and O–H groups in total. The fraction of sp³-hybridized carbons (Fsp3) is 0.435. The van der Waals surface area contributed by atoms with Crippen LogP contribution in [0.4, 0.5) is 5.82 Å². The van der Waals surface area contributed by atoms with Gasteiger partial charge in [0.15, 0.2) is 5.96 Å². The van der Waals surface area contributed by atoms with Crippen LogP contribution < -0.4 is 20.7 Å². The summed E-state index contributed by atoms with van der Waals surface area (Å²) in [5.41, 5.74) is 1.61. The fourth-order valence-corrected chi connectivity index (χ4v) is 2.78. The summed E-state index contributed by atoms with van der Waals surface area (Å²) in [6.45, 7) is 9.03. The molecule has 0 fully saturated rings. The Labute approximate surface area is 207 Å². The van der Waals surface area contributed by atoms with E-state index in [1.807, 2.05) is 64.1 Å². The molecule has 1 aromatic carbocycles. The summed E-state index contributed by atoms with van der Waals surface area (Å²) in [6, 6.07) is 12.8. The third-order valence-electron chi connectivity index (χ3n) is 4.20. The van der Waals surface area contributed by atoms with E-state index in [4.69, 9.17) is 4.74 Å². The summed E-state index contributed by atoms with van der Waals surface area (Å²) in [5.74, 6) is 1.72. The zero-order valence-electron chi connectivity index (χ0n) is 19.1. The minimum atomic E-state index is -0.737. The van der Waals surface area contributed by atoms with Crippen LogP contribution in [0.3, 0.4) is 0 Å². The lowest BCUT2D eigenvalue weighted by Crippen LogP contribution is -2.39. The number of hydrogen-bond donors (Lipinski definition) is 4. The molecular formula is C23H34IN5O3. The van der Waals surface area contributed by atoms with Crippen molar-refractivity contribution in [1.29, 1.82) is 0 Å². The van der Waals surface area contributed by atoms with Crippen LogP contribution in [0, 0.1) is 6.92 Å². The number of aryl methyl sites for hydroxylation is 1. The first kappa shape index (κ1) is 27.6. The molecule has 2 rings (SSSR count). The highest BCUT2D eigenvalue weighted by molar-refractivity contribution is 14.0. The van der Waals surface area contributed by atoms with Crippen molar-refractivity contribution in [1.82, 2.24) is 15.6 Å². The van der Waals surface area contributed by atoms with Crippen LogP contribution in [0.5, 0.6) is 5.75 Å². The molecule has 2 aromatic rings. The van der Waals surface area contributed by atoms with E-state index >= 15 is 0 Å². The van der Waals surface area contributed by atoms with Crippen LogP contribution in [-0.2, 0) is 4.79 Å². The third kappa shape index (κ3) is 10.3. The number of carbonyl (C=O) groups is 1. The van der Waals surface area contributed by atoms with Gasteiger partial charge in [0.2, 0.25) is 5.91 Å². The van der Waals surface area contributed by atoms with E-state index in [1.54, 1.807) is 6.07 Å². The molecule has 32 heavy (non-hydrogen) atoms. The maximum atomic E-state index is 12.1. The molecule has 0 bridgehead atoms. The van der Waals surface area contributed by atoms with Crippen molar-refractivity contribution in [2.24, 2.45) is 4.99 Å². The Morgan fingerprint density at radius 2 is 1.88 bits per heavy atom. The van der Waals surface area contributed by atoms with Gasteiger partial charge in [0.1, 0.15) is 11.6 Å². The number of pyridine rings is 1. The lowest BCUT2D eigenvalue weighted by atomic mass is 10.1. The molecule has 9 heteroatoms. The van der Waals surface area contributed by atoms with Gasteiger partial charge in [-0.05, 0) is 57.5 Å². The predicted octanol–water partition coefficient (Wildman–Crippen LogP) is 3.41. The lowest BCUT2D eigenvalue weighted by molar-refractivity contribution is -0.116. The van der Waals surface area contributed by atoms with Crippen molar-refractivity contribution in [3.63, 3.8) is 0 Å². The first-order valence-corrected chi connectivity index (χ1v) is 10.6. The first-order valence-electron chi connectivity index (χ1n) is 10.6. The minimum absolute atomic E-state index is 0. The number of benzene rings is 1. The average Bonchev–Trinajstić information content (AvgIpc) is 2.72. The molecular weight excluding hydrogens is 521 g/mol. The Morgan fingerprint density at radius 3 is 2.50 bits per heavy atom. The lowest BCUT2D eigenvalue weighted by Gasteiger charge is -2.14. The molecule has 0 aliphatic carbocycles. The second kappa shape index (κ2) is 14.6. The zero-order chi connectivity index (χ0) is 22.6.